The topological polar surface area (TPSA) is 89.5 Å². The number of hydrogen-bond acceptors (Lipinski definition) is 4. The summed E-state index contributed by atoms with van der Waals surface area (Å²) in [6.07, 6.45) is 1.44. The van der Waals surface area contributed by atoms with Crippen molar-refractivity contribution >= 4 is 51.9 Å². The molecule has 34 heavy (non-hydrogen) atoms. The zero-order valence-electron chi connectivity index (χ0n) is 18.2. The van der Waals surface area contributed by atoms with E-state index in [1.165, 1.54) is 6.07 Å². The number of nitrogens with zero attached hydrogens (tertiary/aromatic N) is 3. The first-order chi connectivity index (χ1) is 16.3. The smallest absolute Gasteiger partial charge is 0.273 e. The molecule has 0 saturated carbocycles. The molecule has 1 heterocycles. The number of benzene rings is 3. The molecular formula is C25H20Cl2N4O3. The van der Waals surface area contributed by atoms with Gasteiger partial charge in [-0.25, -0.2) is 5.43 Å². The van der Waals surface area contributed by atoms with Crippen LogP contribution in [0.3, 0.4) is 0 Å². The molecule has 0 unspecified atom stereocenters. The Hall–Kier alpha value is -3.68. The molecular weight excluding hydrogens is 475 g/mol. The zero-order chi connectivity index (χ0) is 24.2. The Balaban J connectivity index is 1.57. The van der Waals surface area contributed by atoms with Crippen LogP contribution in [0.5, 0.6) is 0 Å². The number of halogens is 2. The highest BCUT2D eigenvalue weighted by molar-refractivity contribution is 6.35. The second-order valence-corrected chi connectivity index (χ2v) is 8.54. The van der Waals surface area contributed by atoms with E-state index in [0.717, 1.165) is 27.7 Å². The number of carbonyl (C=O) groups is 1. The lowest BCUT2D eigenvalue weighted by Gasteiger charge is -2.10. The molecule has 0 radical (unpaired) electrons. The summed E-state index contributed by atoms with van der Waals surface area (Å²) in [5, 5.41) is 17.4. The van der Waals surface area contributed by atoms with Crippen molar-refractivity contribution < 1.29 is 9.72 Å². The van der Waals surface area contributed by atoms with Crippen LogP contribution >= 0.6 is 23.2 Å². The van der Waals surface area contributed by atoms with E-state index in [-0.39, 0.29) is 12.1 Å². The van der Waals surface area contributed by atoms with E-state index in [2.05, 4.69) is 15.1 Å². The summed E-state index contributed by atoms with van der Waals surface area (Å²) in [6, 6.07) is 19.5. The van der Waals surface area contributed by atoms with Gasteiger partial charge in [0.2, 0.25) is 5.91 Å². The highest BCUT2D eigenvalue weighted by Gasteiger charge is 2.16. The third kappa shape index (κ3) is 4.95. The minimum Gasteiger partial charge on any atom is -0.340 e. The Labute approximate surface area is 205 Å². The van der Waals surface area contributed by atoms with Gasteiger partial charge in [-0.3, -0.25) is 14.9 Å². The molecule has 9 heteroatoms. The average molecular weight is 495 g/mol. The normalized spacial score (nSPS) is 11.3. The fraction of sp³-hybridized carbons (Fsp3) is 0.120. The summed E-state index contributed by atoms with van der Waals surface area (Å²) in [5.41, 5.74) is 6.43. The van der Waals surface area contributed by atoms with Gasteiger partial charge >= 0.3 is 0 Å². The Bertz CT molecular complexity index is 1430. The van der Waals surface area contributed by atoms with Crippen molar-refractivity contribution in [3.8, 4) is 0 Å². The van der Waals surface area contributed by atoms with E-state index in [0.29, 0.717) is 22.2 Å². The van der Waals surface area contributed by atoms with Crippen molar-refractivity contribution in [1.29, 1.82) is 0 Å². The number of nitro groups is 1. The standard InChI is InChI=1S/C25H20Cl2N4O3/c1-16-21(14-28-29-25(32)12-17-6-2-4-8-23(17)31(33)34)20-7-3-5-9-24(20)30(16)15-18-10-11-19(26)13-22(18)27/h2-11,13-14H,12,15H2,1H3,(H,29,32)/b28-14+. The highest BCUT2D eigenvalue weighted by Crippen LogP contribution is 2.28. The van der Waals surface area contributed by atoms with Crippen LogP contribution in [0.2, 0.25) is 10.0 Å². The van der Waals surface area contributed by atoms with Crippen LogP contribution in [-0.4, -0.2) is 21.6 Å². The molecule has 0 bridgehead atoms. The van der Waals surface area contributed by atoms with Gasteiger partial charge in [-0.05, 0) is 30.7 Å². The Morgan fingerprint density at radius 3 is 2.59 bits per heavy atom. The minimum atomic E-state index is -0.503. The van der Waals surface area contributed by atoms with E-state index in [1.54, 1.807) is 36.5 Å². The number of amides is 1. The summed E-state index contributed by atoms with van der Waals surface area (Å²) < 4.78 is 2.13. The molecule has 4 rings (SSSR count). The molecule has 1 aromatic heterocycles. The number of nitro benzene ring substituents is 1. The molecule has 0 atom stereocenters. The molecule has 0 spiro atoms. The van der Waals surface area contributed by atoms with Crippen molar-refractivity contribution in [2.45, 2.75) is 19.9 Å². The van der Waals surface area contributed by atoms with Gasteiger partial charge in [-0.2, -0.15) is 5.10 Å². The largest absolute Gasteiger partial charge is 0.340 e. The Morgan fingerprint density at radius 2 is 1.82 bits per heavy atom. The van der Waals surface area contributed by atoms with Crippen molar-refractivity contribution in [2.24, 2.45) is 5.10 Å². The molecule has 172 valence electrons. The molecule has 7 nitrogen and oxygen atoms in total. The third-order valence-corrected chi connectivity index (χ3v) is 6.13. The lowest BCUT2D eigenvalue weighted by molar-refractivity contribution is -0.385. The summed E-state index contributed by atoms with van der Waals surface area (Å²) in [7, 11) is 0. The van der Waals surface area contributed by atoms with Crippen molar-refractivity contribution in [3.63, 3.8) is 0 Å². The quantitative estimate of drug-likeness (QED) is 0.197. The van der Waals surface area contributed by atoms with E-state index in [4.69, 9.17) is 23.2 Å². The Kier molecular flexibility index (Phi) is 6.95. The molecule has 3 aromatic carbocycles. The van der Waals surface area contributed by atoms with E-state index in [1.807, 2.05) is 37.3 Å². The number of rotatable bonds is 7. The van der Waals surface area contributed by atoms with Crippen LogP contribution in [0.25, 0.3) is 10.9 Å². The van der Waals surface area contributed by atoms with Gasteiger partial charge in [0.15, 0.2) is 0 Å². The maximum atomic E-state index is 12.4. The van der Waals surface area contributed by atoms with E-state index >= 15 is 0 Å². The maximum Gasteiger partial charge on any atom is 0.273 e. The second kappa shape index (κ2) is 10.1. The third-order valence-electron chi connectivity index (χ3n) is 5.55. The van der Waals surface area contributed by atoms with Crippen LogP contribution in [0.1, 0.15) is 22.4 Å². The monoisotopic (exact) mass is 494 g/mol. The van der Waals surface area contributed by atoms with Crippen molar-refractivity contribution in [1.82, 2.24) is 9.99 Å². The first-order valence-electron chi connectivity index (χ1n) is 10.4. The van der Waals surface area contributed by atoms with Gasteiger partial charge in [-0.1, -0.05) is 65.7 Å². The predicted octanol–water partition coefficient (Wildman–Crippen LogP) is 5.91. The number of para-hydroxylation sites is 2. The SMILES string of the molecule is Cc1c(/C=N/NC(=O)Cc2ccccc2[N+](=O)[O-])c2ccccc2n1Cc1ccc(Cl)cc1Cl. The van der Waals surface area contributed by atoms with Gasteiger partial charge in [-0.15, -0.1) is 0 Å². The average Bonchev–Trinajstić information content (AvgIpc) is 3.07. The summed E-state index contributed by atoms with van der Waals surface area (Å²) in [4.78, 5) is 23.0. The van der Waals surface area contributed by atoms with Gasteiger partial charge in [0.1, 0.15) is 0 Å². The highest BCUT2D eigenvalue weighted by atomic mass is 35.5. The number of fused-ring (bicyclic) bond motifs is 1. The molecule has 0 aliphatic heterocycles. The lowest BCUT2D eigenvalue weighted by Crippen LogP contribution is -2.20. The summed E-state index contributed by atoms with van der Waals surface area (Å²) in [6.45, 7) is 2.51. The number of hydrazone groups is 1. The Morgan fingerprint density at radius 1 is 1.09 bits per heavy atom. The number of nitrogens with one attached hydrogen (secondary N) is 1. The molecule has 4 aromatic rings. The van der Waals surface area contributed by atoms with Crippen LogP contribution in [-0.2, 0) is 17.8 Å². The first kappa shape index (κ1) is 23.5. The molecule has 1 amide bonds. The second-order valence-electron chi connectivity index (χ2n) is 7.69. The lowest BCUT2D eigenvalue weighted by atomic mass is 10.1. The zero-order valence-corrected chi connectivity index (χ0v) is 19.7. The van der Waals surface area contributed by atoms with Crippen LogP contribution in [0.4, 0.5) is 5.69 Å². The first-order valence-corrected chi connectivity index (χ1v) is 11.2. The number of hydrogen-bond donors (Lipinski definition) is 1. The van der Waals surface area contributed by atoms with Crippen LogP contribution in [0.15, 0.2) is 71.8 Å². The summed E-state index contributed by atoms with van der Waals surface area (Å²) in [5.74, 6) is -0.445. The van der Waals surface area contributed by atoms with Crippen LogP contribution in [0, 0.1) is 17.0 Å². The summed E-state index contributed by atoms with van der Waals surface area (Å²) >= 11 is 12.4. The molecule has 1 N–H and O–H groups in total. The molecule has 0 aliphatic rings. The van der Waals surface area contributed by atoms with Crippen LogP contribution < -0.4 is 5.43 Å². The minimum absolute atomic E-state index is 0.0959. The predicted molar refractivity (Wildman–Crippen MR) is 135 cm³/mol. The number of carbonyl (C=O) groups excluding carboxylic acids is 1. The van der Waals surface area contributed by atoms with Gasteiger partial charge < -0.3 is 4.57 Å². The molecule has 0 aliphatic carbocycles. The van der Waals surface area contributed by atoms with E-state index < -0.39 is 10.8 Å². The maximum absolute atomic E-state index is 12.4. The van der Waals surface area contributed by atoms with Gasteiger partial charge in [0.25, 0.3) is 5.69 Å². The van der Waals surface area contributed by atoms with E-state index in [9.17, 15) is 14.9 Å². The number of aromatic nitrogens is 1. The van der Waals surface area contributed by atoms with Gasteiger partial charge in [0.05, 0.1) is 17.6 Å². The van der Waals surface area contributed by atoms with Gasteiger partial charge in [0, 0.05) is 50.4 Å². The fourth-order valence-electron chi connectivity index (χ4n) is 3.86. The fourth-order valence-corrected chi connectivity index (χ4v) is 4.33. The molecule has 0 fully saturated rings. The molecule has 0 saturated heterocycles. The van der Waals surface area contributed by atoms with Crippen molar-refractivity contribution in [2.75, 3.05) is 0 Å². The van der Waals surface area contributed by atoms with Crippen molar-refractivity contribution in [3.05, 3.63) is 109 Å².